The third kappa shape index (κ3) is 4.49. The fraction of sp³-hybridized carbons (Fsp3) is 0.286. The fourth-order valence-corrected chi connectivity index (χ4v) is 3.32. The van der Waals surface area contributed by atoms with E-state index in [1.54, 1.807) is 19.7 Å². The second-order valence-corrected chi connectivity index (χ2v) is 6.77. The Morgan fingerprint density at radius 2 is 2.07 bits per heavy atom. The number of guanidine groups is 1. The minimum Gasteiger partial charge on any atom is -0.488 e. The van der Waals surface area contributed by atoms with Crippen molar-refractivity contribution in [2.45, 2.75) is 25.6 Å². The lowest BCUT2D eigenvalue weighted by Gasteiger charge is -2.16. The van der Waals surface area contributed by atoms with Crippen molar-refractivity contribution >= 4 is 5.96 Å². The van der Waals surface area contributed by atoms with E-state index in [1.807, 2.05) is 16.8 Å². The molecule has 144 valence electrons. The quantitative estimate of drug-likeness (QED) is 0.508. The van der Waals surface area contributed by atoms with Crippen molar-refractivity contribution in [1.82, 2.24) is 25.4 Å². The molecule has 28 heavy (non-hydrogen) atoms. The number of hydrogen-bond acceptors (Lipinski definition) is 4. The maximum Gasteiger partial charge on any atom is 0.191 e. The van der Waals surface area contributed by atoms with Gasteiger partial charge in [0.25, 0.3) is 0 Å². The van der Waals surface area contributed by atoms with Crippen molar-refractivity contribution in [3.63, 3.8) is 0 Å². The van der Waals surface area contributed by atoms with Gasteiger partial charge in [-0.1, -0.05) is 42.5 Å². The highest BCUT2D eigenvalue weighted by molar-refractivity contribution is 5.79. The van der Waals surface area contributed by atoms with Crippen LogP contribution < -0.4 is 15.4 Å². The smallest absolute Gasteiger partial charge is 0.191 e. The molecule has 1 aliphatic heterocycles. The van der Waals surface area contributed by atoms with Gasteiger partial charge < -0.3 is 15.4 Å². The van der Waals surface area contributed by atoms with E-state index in [-0.39, 0.29) is 6.10 Å². The van der Waals surface area contributed by atoms with E-state index in [0.29, 0.717) is 19.6 Å². The van der Waals surface area contributed by atoms with Gasteiger partial charge in [0.15, 0.2) is 5.96 Å². The van der Waals surface area contributed by atoms with Crippen LogP contribution in [0.1, 0.15) is 16.7 Å². The highest BCUT2D eigenvalue weighted by atomic mass is 16.5. The topological polar surface area (TPSA) is 76.4 Å². The first-order valence-electron chi connectivity index (χ1n) is 9.39. The molecule has 0 bridgehead atoms. The third-order valence-corrected chi connectivity index (χ3v) is 4.70. The Hall–Kier alpha value is -3.35. The number of nitrogens with one attached hydrogen (secondary N) is 2. The van der Waals surface area contributed by atoms with Crippen LogP contribution in [0.4, 0.5) is 0 Å². The maximum absolute atomic E-state index is 5.97. The van der Waals surface area contributed by atoms with Gasteiger partial charge in [-0.15, -0.1) is 0 Å². The van der Waals surface area contributed by atoms with Crippen LogP contribution >= 0.6 is 0 Å². The van der Waals surface area contributed by atoms with E-state index in [9.17, 15) is 0 Å². The van der Waals surface area contributed by atoms with Crippen LogP contribution in [0.3, 0.4) is 0 Å². The van der Waals surface area contributed by atoms with Crippen LogP contribution in [0.2, 0.25) is 0 Å². The second kappa shape index (κ2) is 8.56. The number of para-hydroxylation sites is 1. The summed E-state index contributed by atoms with van der Waals surface area (Å²) in [5.74, 6) is 1.75. The third-order valence-electron chi connectivity index (χ3n) is 4.70. The summed E-state index contributed by atoms with van der Waals surface area (Å²) in [5, 5.41) is 10.9. The molecule has 0 aliphatic carbocycles. The Morgan fingerprint density at radius 1 is 1.18 bits per heavy atom. The number of ether oxygens (including phenoxy) is 1. The van der Waals surface area contributed by atoms with Gasteiger partial charge >= 0.3 is 0 Å². The first kappa shape index (κ1) is 18.0. The summed E-state index contributed by atoms with van der Waals surface area (Å²) in [6, 6.07) is 16.6. The largest absolute Gasteiger partial charge is 0.488 e. The highest BCUT2D eigenvalue weighted by Gasteiger charge is 2.22. The molecule has 1 aromatic heterocycles. The Labute approximate surface area is 164 Å². The lowest BCUT2D eigenvalue weighted by Crippen LogP contribution is -2.41. The van der Waals surface area contributed by atoms with Gasteiger partial charge in [0, 0.05) is 20.0 Å². The van der Waals surface area contributed by atoms with Crippen molar-refractivity contribution in [1.29, 1.82) is 0 Å². The Balaban J connectivity index is 1.27. The van der Waals surface area contributed by atoms with E-state index in [2.05, 4.69) is 62.1 Å². The minimum absolute atomic E-state index is 0.127. The molecule has 7 heteroatoms. The fourth-order valence-electron chi connectivity index (χ4n) is 3.32. The normalized spacial score (nSPS) is 15.8. The number of nitrogens with zero attached hydrogens (tertiary/aromatic N) is 4. The zero-order chi connectivity index (χ0) is 19.2. The summed E-state index contributed by atoms with van der Waals surface area (Å²) in [6.45, 7) is 2.11. The van der Waals surface area contributed by atoms with Crippen LogP contribution in [0.15, 0.2) is 66.2 Å². The summed E-state index contributed by atoms with van der Waals surface area (Å²) in [6.07, 6.45) is 4.32. The van der Waals surface area contributed by atoms with E-state index < -0.39 is 0 Å². The van der Waals surface area contributed by atoms with Crippen molar-refractivity contribution in [3.05, 3.63) is 77.9 Å². The van der Waals surface area contributed by atoms with Crippen LogP contribution in [0.5, 0.6) is 5.75 Å². The zero-order valence-electron chi connectivity index (χ0n) is 15.9. The predicted octanol–water partition coefficient (Wildman–Crippen LogP) is 2.00. The van der Waals surface area contributed by atoms with Crippen molar-refractivity contribution in [3.8, 4) is 5.75 Å². The zero-order valence-corrected chi connectivity index (χ0v) is 15.9. The molecule has 2 heterocycles. The Morgan fingerprint density at radius 3 is 2.89 bits per heavy atom. The van der Waals surface area contributed by atoms with Crippen LogP contribution in [-0.4, -0.2) is 40.4 Å². The molecule has 7 nitrogen and oxygen atoms in total. The van der Waals surface area contributed by atoms with Crippen LogP contribution in [-0.2, 0) is 19.5 Å². The Kier molecular flexibility index (Phi) is 5.51. The molecule has 0 saturated heterocycles. The molecule has 0 saturated carbocycles. The average molecular weight is 376 g/mol. The molecule has 4 rings (SSSR count). The number of aliphatic imine (C=N–C) groups is 1. The van der Waals surface area contributed by atoms with E-state index in [1.165, 1.54) is 16.7 Å². The van der Waals surface area contributed by atoms with Crippen LogP contribution in [0, 0.1) is 0 Å². The number of fused-ring (bicyclic) bond motifs is 1. The van der Waals surface area contributed by atoms with Gasteiger partial charge in [-0.3, -0.25) is 4.99 Å². The van der Waals surface area contributed by atoms with Crippen LogP contribution in [0.25, 0.3) is 0 Å². The first-order valence-corrected chi connectivity index (χ1v) is 9.39. The molecule has 1 atom stereocenters. The molecule has 1 unspecified atom stereocenters. The SMILES string of the molecule is CN=C(NCc1cccc(Cn2cncn2)c1)NCC1Cc2ccccc2O1. The summed E-state index contributed by atoms with van der Waals surface area (Å²) < 4.78 is 7.78. The highest BCUT2D eigenvalue weighted by Crippen LogP contribution is 2.27. The van der Waals surface area contributed by atoms with Crippen molar-refractivity contribution in [2.24, 2.45) is 4.99 Å². The molecule has 3 aromatic rings. The van der Waals surface area contributed by atoms with Gasteiger partial charge in [-0.25, -0.2) is 9.67 Å². The van der Waals surface area contributed by atoms with Gasteiger partial charge in [0.2, 0.25) is 0 Å². The molecule has 0 fully saturated rings. The Bertz CT molecular complexity index is 913. The number of rotatable bonds is 6. The molecule has 0 spiro atoms. The van der Waals surface area contributed by atoms with Crippen molar-refractivity contribution < 1.29 is 4.74 Å². The van der Waals surface area contributed by atoms with Gasteiger partial charge in [0.05, 0.1) is 13.1 Å². The van der Waals surface area contributed by atoms with Crippen molar-refractivity contribution in [2.75, 3.05) is 13.6 Å². The summed E-state index contributed by atoms with van der Waals surface area (Å²) in [4.78, 5) is 8.30. The molecule has 2 aromatic carbocycles. The molecule has 1 aliphatic rings. The van der Waals surface area contributed by atoms with E-state index >= 15 is 0 Å². The average Bonchev–Trinajstić information content (AvgIpc) is 3.37. The standard InChI is InChI=1S/C21H24N6O/c1-22-21(25-12-19-10-18-7-2-3-8-20(18)28-19)24-11-16-5-4-6-17(9-16)13-27-15-23-14-26-27/h2-9,14-15,19H,10-13H2,1H3,(H2,22,24,25). The summed E-state index contributed by atoms with van der Waals surface area (Å²) >= 11 is 0. The number of benzene rings is 2. The number of hydrogen-bond donors (Lipinski definition) is 2. The van der Waals surface area contributed by atoms with Gasteiger partial charge in [-0.2, -0.15) is 5.10 Å². The molecule has 2 N–H and O–H groups in total. The summed E-state index contributed by atoms with van der Waals surface area (Å²) in [7, 11) is 1.78. The molecule has 0 radical (unpaired) electrons. The van der Waals surface area contributed by atoms with E-state index in [0.717, 1.165) is 18.1 Å². The minimum atomic E-state index is 0.127. The molecule has 0 amide bonds. The van der Waals surface area contributed by atoms with Gasteiger partial charge in [0.1, 0.15) is 24.5 Å². The van der Waals surface area contributed by atoms with E-state index in [4.69, 9.17) is 4.74 Å². The summed E-state index contributed by atoms with van der Waals surface area (Å²) in [5.41, 5.74) is 3.64. The maximum atomic E-state index is 5.97. The van der Waals surface area contributed by atoms with Gasteiger partial charge in [-0.05, 0) is 22.8 Å². The second-order valence-electron chi connectivity index (χ2n) is 6.77. The first-order chi connectivity index (χ1) is 13.8. The lowest BCUT2D eigenvalue weighted by atomic mass is 10.1. The predicted molar refractivity (Wildman–Crippen MR) is 108 cm³/mol. The number of aromatic nitrogens is 3. The monoisotopic (exact) mass is 376 g/mol. The lowest BCUT2D eigenvalue weighted by molar-refractivity contribution is 0.235. The molecular weight excluding hydrogens is 352 g/mol. The molecular formula is C21H24N6O.